The van der Waals surface area contributed by atoms with Crippen LogP contribution >= 0.6 is 0 Å². The standard InChI is InChI=1S/C13H18N2O3/c16-12(17)9-2-3-10(6-9)14-13(18)15-7-8-1-4-11(15)5-8/h2-3,8-11H,1,4-7H2,(H,14,18)(H,16,17). The highest BCUT2D eigenvalue weighted by Gasteiger charge is 2.40. The van der Waals surface area contributed by atoms with E-state index in [0.29, 0.717) is 18.4 Å². The zero-order valence-corrected chi connectivity index (χ0v) is 10.2. The molecule has 3 aliphatic rings. The van der Waals surface area contributed by atoms with Crippen LogP contribution in [0.15, 0.2) is 12.2 Å². The fourth-order valence-electron chi connectivity index (χ4n) is 3.40. The second-order valence-electron chi connectivity index (χ2n) is 5.61. The molecule has 1 saturated carbocycles. The number of nitrogens with one attached hydrogen (secondary N) is 1. The number of carboxylic acids is 1. The van der Waals surface area contributed by atoms with Crippen molar-refractivity contribution < 1.29 is 14.7 Å². The number of nitrogens with zero attached hydrogens (tertiary/aromatic N) is 1. The minimum absolute atomic E-state index is 0.0251. The molecule has 5 heteroatoms. The number of carboxylic acid groups (broad SMARTS) is 1. The van der Waals surface area contributed by atoms with Crippen LogP contribution in [0.4, 0.5) is 4.79 Å². The van der Waals surface area contributed by atoms with E-state index in [1.165, 1.54) is 6.42 Å². The van der Waals surface area contributed by atoms with Crippen molar-refractivity contribution >= 4 is 12.0 Å². The molecule has 4 unspecified atom stereocenters. The van der Waals surface area contributed by atoms with Crippen LogP contribution < -0.4 is 5.32 Å². The number of carbonyl (C=O) groups is 2. The molecule has 4 atom stereocenters. The Morgan fingerprint density at radius 1 is 1.22 bits per heavy atom. The molecule has 18 heavy (non-hydrogen) atoms. The van der Waals surface area contributed by atoms with Crippen molar-refractivity contribution in [2.24, 2.45) is 11.8 Å². The largest absolute Gasteiger partial charge is 0.481 e. The monoisotopic (exact) mass is 250 g/mol. The minimum Gasteiger partial charge on any atom is -0.481 e. The summed E-state index contributed by atoms with van der Waals surface area (Å²) in [6, 6.07) is 0.260. The average Bonchev–Trinajstić information content (AvgIpc) is 3.03. The summed E-state index contributed by atoms with van der Waals surface area (Å²) in [7, 11) is 0. The number of rotatable bonds is 2. The Hall–Kier alpha value is -1.52. The van der Waals surface area contributed by atoms with E-state index in [2.05, 4.69) is 5.32 Å². The first-order valence-corrected chi connectivity index (χ1v) is 6.61. The minimum atomic E-state index is -0.816. The number of fused-ring (bicyclic) bond motifs is 2. The molecule has 98 valence electrons. The summed E-state index contributed by atoms with van der Waals surface area (Å²) in [6.07, 6.45) is 7.46. The van der Waals surface area contributed by atoms with Crippen LogP contribution in [-0.2, 0) is 4.79 Å². The van der Waals surface area contributed by atoms with Crippen LogP contribution in [0.3, 0.4) is 0 Å². The third-order valence-corrected chi connectivity index (χ3v) is 4.38. The molecule has 0 aromatic heterocycles. The van der Waals surface area contributed by atoms with Gasteiger partial charge >= 0.3 is 12.0 Å². The second kappa shape index (κ2) is 4.30. The van der Waals surface area contributed by atoms with Gasteiger partial charge in [0.05, 0.1) is 12.0 Å². The van der Waals surface area contributed by atoms with Crippen molar-refractivity contribution in [2.75, 3.05) is 6.54 Å². The summed E-state index contributed by atoms with van der Waals surface area (Å²) >= 11 is 0. The van der Waals surface area contributed by atoms with Crippen LogP contribution in [0.1, 0.15) is 25.7 Å². The van der Waals surface area contributed by atoms with Gasteiger partial charge in [0.15, 0.2) is 0 Å². The molecule has 0 aromatic rings. The van der Waals surface area contributed by atoms with Crippen LogP contribution in [0.5, 0.6) is 0 Å². The highest BCUT2D eigenvalue weighted by molar-refractivity contribution is 5.77. The number of urea groups is 1. The van der Waals surface area contributed by atoms with Gasteiger partial charge in [-0.05, 0) is 31.6 Å². The summed E-state index contributed by atoms with van der Waals surface area (Å²) < 4.78 is 0. The van der Waals surface area contributed by atoms with Crippen molar-refractivity contribution in [3.63, 3.8) is 0 Å². The Morgan fingerprint density at radius 2 is 2.06 bits per heavy atom. The Balaban J connectivity index is 1.53. The molecule has 2 N–H and O–H groups in total. The van der Waals surface area contributed by atoms with Crippen molar-refractivity contribution in [3.8, 4) is 0 Å². The highest BCUT2D eigenvalue weighted by Crippen LogP contribution is 2.37. The summed E-state index contributed by atoms with van der Waals surface area (Å²) in [5.74, 6) is -0.583. The van der Waals surface area contributed by atoms with E-state index < -0.39 is 11.9 Å². The normalized spacial score (nSPS) is 37.2. The highest BCUT2D eigenvalue weighted by atomic mass is 16.4. The van der Waals surface area contributed by atoms with Gasteiger partial charge < -0.3 is 15.3 Å². The molecule has 0 aromatic carbocycles. The molecule has 2 fully saturated rings. The number of hydrogen-bond acceptors (Lipinski definition) is 2. The van der Waals surface area contributed by atoms with Crippen LogP contribution in [-0.4, -0.2) is 40.6 Å². The molecule has 0 spiro atoms. The lowest BCUT2D eigenvalue weighted by molar-refractivity contribution is -0.140. The quantitative estimate of drug-likeness (QED) is 0.724. The zero-order chi connectivity index (χ0) is 12.7. The summed E-state index contributed by atoms with van der Waals surface area (Å²) in [5, 5.41) is 11.8. The average molecular weight is 250 g/mol. The first-order chi connectivity index (χ1) is 8.63. The van der Waals surface area contributed by atoms with Gasteiger partial charge in [0.1, 0.15) is 0 Å². The number of aliphatic carboxylic acids is 1. The predicted octanol–water partition coefficient (Wildman–Crippen LogP) is 1.21. The molecule has 2 aliphatic carbocycles. The van der Waals surface area contributed by atoms with Gasteiger partial charge in [0.25, 0.3) is 0 Å². The molecule has 0 radical (unpaired) electrons. The Bertz CT molecular complexity index is 407. The lowest BCUT2D eigenvalue weighted by atomic mass is 10.1. The van der Waals surface area contributed by atoms with Crippen LogP contribution in [0.2, 0.25) is 0 Å². The molecule has 5 nitrogen and oxygen atoms in total. The molecule has 1 heterocycles. The number of carbonyl (C=O) groups excluding carboxylic acids is 1. The van der Waals surface area contributed by atoms with E-state index in [-0.39, 0.29) is 12.1 Å². The Labute approximate surface area is 106 Å². The molecule has 1 saturated heterocycles. The Morgan fingerprint density at radius 3 is 2.61 bits per heavy atom. The smallest absolute Gasteiger partial charge is 0.318 e. The summed E-state index contributed by atoms with van der Waals surface area (Å²) in [4.78, 5) is 24.8. The van der Waals surface area contributed by atoms with Crippen LogP contribution in [0.25, 0.3) is 0 Å². The maximum atomic E-state index is 12.1. The van der Waals surface area contributed by atoms with E-state index in [4.69, 9.17) is 5.11 Å². The topological polar surface area (TPSA) is 69.6 Å². The Kier molecular flexibility index (Phi) is 2.76. The number of likely N-dealkylation sites (tertiary alicyclic amines) is 1. The van der Waals surface area contributed by atoms with E-state index in [1.54, 1.807) is 12.2 Å². The van der Waals surface area contributed by atoms with Crippen LogP contribution in [0, 0.1) is 11.8 Å². The van der Waals surface area contributed by atoms with E-state index in [1.807, 2.05) is 4.90 Å². The maximum Gasteiger partial charge on any atom is 0.318 e. The predicted molar refractivity (Wildman–Crippen MR) is 65.0 cm³/mol. The third-order valence-electron chi connectivity index (χ3n) is 4.38. The lowest BCUT2D eigenvalue weighted by Gasteiger charge is -2.28. The molecular formula is C13H18N2O3. The fraction of sp³-hybridized carbons (Fsp3) is 0.692. The summed E-state index contributed by atoms with van der Waals surface area (Å²) in [5.41, 5.74) is 0. The van der Waals surface area contributed by atoms with Gasteiger partial charge in [0, 0.05) is 12.6 Å². The maximum absolute atomic E-state index is 12.1. The van der Waals surface area contributed by atoms with Crippen molar-refractivity contribution in [1.82, 2.24) is 10.2 Å². The van der Waals surface area contributed by atoms with Gasteiger partial charge in [-0.25, -0.2) is 4.79 Å². The molecule has 2 amide bonds. The molecule has 3 rings (SSSR count). The number of piperidine rings is 1. The van der Waals surface area contributed by atoms with Gasteiger partial charge in [0.2, 0.25) is 0 Å². The molecule has 2 bridgehead atoms. The lowest BCUT2D eigenvalue weighted by Crippen LogP contribution is -2.47. The molecular weight excluding hydrogens is 232 g/mol. The van der Waals surface area contributed by atoms with E-state index in [0.717, 1.165) is 19.4 Å². The van der Waals surface area contributed by atoms with Gasteiger partial charge in [-0.3, -0.25) is 4.79 Å². The van der Waals surface area contributed by atoms with E-state index >= 15 is 0 Å². The second-order valence-corrected chi connectivity index (χ2v) is 5.61. The number of hydrogen-bond donors (Lipinski definition) is 2. The first kappa shape index (κ1) is 11.6. The summed E-state index contributed by atoms with van der Waals surface area (Å²) in [6.45, 7) is 0.870. The first-order valence-electron chi connectivity index (χ1n) is 6.61. The van der Waals surface area contributed by atoms with Gasteiger partial charge in [-0.15, -0.1) is 0 Å². The number of amides is 2. The fourth-order valence-corrected chi connectivity index (χ4v) is 3.40. The van der Waals surface area contributed by atoms with Gasteiger partial charge in [-0.1, -0.05) is 12.2 Å². The zero-order valence-electron chi connectivity index (χ0n) is 10.2. The van der Waals surface area contributed by atoms with Crippen molar-refractivity contribution in [2.45, 2.75) is 37.8 Å². The molecule has 1 aliphatic heterocycles. The SMILES string of the molecule is O=C(O)C1C=CC(NC(=O)N2CC3CCC2C3)C1. The van der Waals surface area contributed by atoms with Crippen molar-refractivity contribution in [3.05, 3.63) is 12.2 Å². The van der Waals surface area contributed by atoms with Gasteiger partial charge in [-0.2, -0.15) is 0 Å². The third kappa shape index (κ3) is 1.98. The van der Waals surface area contributed by atoms with E-state index in [9.17, 15) is 9.59 Å². The van der Waals surface area contributed by atoms with Crippen molar-refractivity contribution in [1.29, 1.82) is 0 Å².